The average Bonchev–Trinajstić information content (AvgIpc) is 2.67. The summed E-state index contributed by atoms with van der Waals surface area (Å²) >= 11 is 8.55. The van der Waals surface area contributed by atoms with Crippen LogP contribution < -0.4 is 10.5 Å². The van der Waals surface area contributed by atoms with E-state index in [9.17, 15) is 15.0 Å². The Morgan fingerprint density at radius 1 is 0.933 bits per heavy atom. The molecule has 0 saturated carbocycles. The normalized spacial score (nSPS) is 11.9. The van der Waals surface area contributed by atoms with Gasteiger partial charge in [0.1, 0.15) is 23.3 Å². The number of rotatable bonds is 5. The van der Waals surface area contributed by atoms with Gasteiger partial charge in [-0.2, -0.15) is 0 Å². The van der Waals surface area contributed by atoms with Gasteiger partial charge >= 0.3 is 5.97 Å². The molecule has 156 valence electrons. The molecule has 0 aliphatic rings. The van der Waals surface area contributed by atoms with Crippen LogP contribution in [0.15, 0.2) is 48.5 Å². The molecular formula is C21H15I4NO4. The monoisotopic (exact) mass is 853 g/mol. The fourth-order valence-electron chi connectivity index (χ4n) is 2.77. The number of esters is 1. The number of hydrogen-bond donors (Lipinski definition) is 3. The van der Waals surface area contributed by atoms with E-state index in [-0.39, 0.29) is 11.5 Å². The molecule has 3 rings (SSSR count). The molecule has 0 aliphatic heterocycles. The number of phenols is 2. The van der Waals surface area contributed by atoms with Crippen LogP contribution in [0, 0.1) is 14.3 Å². The molecule has 0 fully saturated rings. The molecule has 0 aromatic heterocycles. The average molecular weight is 853 g/mol. The molecule has 9 heteroatoms. The van der Waals surface area contributed by atoms with E-state index >= 15 is 0 Å². The summed E-state index contributed by atoms with van der Waals surface area (Å²) in [6, 6.07) is 13.2. The molecule has 0 saturated heterocycles. The maximum absolute atomic E-state index is 12.7. The van der Waals surface area contributed by atoms with Gasteiger partial charge in [0, 0.05) is 12.7 Å². The minimum absolute atomic E-state index is 0.158. The van der Waals surface area contributed by atoms with Crippen molar-refractivity contribution in [3.05, 3.63) is 68.4 Å². The molecule has 0 amide bonds. The van der Waals surface area contributed by atoms with Gasteiger partial charge in [0.05, 0.1) is 7.14 Å². The minimum Gasteiger partial charge on any atom is -0.508 e. The van der Waals surface area contributed by atoms with Crippen LogP contribution in [-0.4, -0.2) is 22.2 Å². The lowest BCUT2D eigenvalue weighted by molar-refractivity contribution is -0.135. The lowest BCUT2D eigenvalue weighted by Gasteiger charge is -2.17. The van der Waals surface area contributed by atoms with Gasteiger partial charge in [0.25, 0.3) is 0 Å². The van der Waals surface area contributed by atoms with Crippen molar-refractivity contribution in [1.82, 2.24) is 0 Å². The Morgan fingerprint density at radius 3 is 2.13 bits per heavy atom. The third-order valence-corrected chi connectivity index (χ3v) is 7.35. The summed E-state index contributed by atoms with van der Waals surface area (Å²) in [5, 5.41) is 19.5. The number of hydrogen-bond acceptors (Lipinski definition) is 5. The van der Waals surface area contributed by atoms with E-state index in [1.54, 1.807) is 30.3 Å². The molecule has 30 heavy (non-hydrogen) atoms. The number of carbonyl (C=O) groups excluding carboxylic acids is 1. The molecule has 0 heterocycles. The Labute approximate surface area is 228 Å². The minimum atomic E-state index is -0.849. The number of nitrogens with two attached hydrogens (primary N) is 1. The largest absolute Gasteiger partial charge is 0.508 e. The molecule has 0 unspecified atom stereocenters. The van der Waals surface area contributed by atoms with E-state index in [2.05, 4.69) is 90.4 Å². The quantitative estimate of drug-likeness (QED) is 0.175. The van der Waals surface area contributed by atoms with E-state index in [4.69, 9.17) is 10.5 Å². The number of benzene rings is 3. The van der Waals surface area contributed by atoms with E-state index in [1.807, 2.05) is 18.2 Å². The van der Waals surface area contributed by atoms with Crippen molar-refractivity contribution in [2.45, 2.75) is 12.5 Å². The Bertz CT molecular complexity index is 1080. The maximum atomic E-state index is 12.7. The van der Waals surface area contributed by atoms with E-state index < -0.39 is 12.0 Å². The van der Waals surface area contributed by atoms with E-state index in [0.717, 1.165) is 23.8 Å². The lowest BCUT2D eigenvalue weighted by Crippen LogP contribution is -2.36. The molecule has 0 spiro atoms. The van der Waals surface area contributed by atoms with Gasteiger partial charge in [0.15, 0.2) is 0 Å². The van der Waals surface area contributed by atoms with Gasteiger partial charge < -0.3 is 20.7 Å². The zero-order chi connectivity index (χ0) is 22.0. The highest BCUT2D eigenvalue weighted by molar-refractivity contribution is 14.1. The second-order valence-corrected chi connectivity index (χ2v) is 11.2. The van der Waals surface area contributed by atoms with Crippen LogP contribution in [0.3, 0.4) is 0 Å². The maximum Gasteiger partial charge on any atom is 0.328 e. The van der Waals surface area contributed by atoms with Crippen LogP contribution in [0.2, 0.25) is 0 Å². The Morgan fingerprint density at radius 2 is 1.53 bits per heavy atom. The summed E-state index contributed by atoms with van der Waals surface area (Å²) in [4.78, 5) is 12.7. The number of ether oxygens (including phenoxy) is 1. The third-order valence-electron chi connectivity index (χ3n) is 4.23. The van der Waals surface area contributed by atoms with Crippen molar-refractivity contribution >= 4 is 96.3 Å². The first-order valence-electron chi connectivity index (χ1n) is 8.58. The van der Waals surface area contributed by atoms with Gasteiger partial charge in [-0.3, -0.25) is 0 Å². The SMILES string of the molecule is N[C@@H](Cc1ccc(O)cc1)C(=O)Oc1cc(I)cc(I)c1-c1cc(I)c(O)c(I)c1. The van der Waals surface area contributed by atoms with Gasteiger partial charge in [0.2, 0.25) is 0 Å². The predicted octanol–water partition coefficient (Wildman–Crippen LogP) is 5.66. The first kappa shape index (κ1) is 24.3. The van der Waals surface area contributed by atoms with Crippen molar-refractivity contribution in [3.8, 4) is 28.4 Å². The topological polar surface area (TPSA) is 92.8 Å². The molecule has 4 N–H and O–H groups in total. The summed E-state index contributed by atoms with van der Waals surface area (Å²) in [7, 11) is 0. The molecule has 0 aliphatic carbocycles. The summed E-state index contributed by atoms with van der Waals surface area (Å²) < 4.78 is 9.02. The standard InChI is InChI=1S/C21H15I4NO4/c22-12-8-14(23)19(11-6-15(24)20(28)16(25)7-11)18(9-12)30-21(29)17(26)5-10-1-3-13(27)4-2-10/h1-4,6-9,17,27-28H,5,26H2/t17-/m0/s1. The van der Waals surface area contributed by atoms with Crippen molar-refractivity contribution in [3.63, 3.8) is 0 Å². The van der Waals surface area contributed by atoms with Crippen LogP contribution in [-0.2, 0) is 11.2 Å². The van der Waals surface area contributed by atoms with Crippen LogP contribution >= 0.6 is 90.4 Å². The van der Waals surface area contributed by atoms with Crippen LogP contribution in [0.4, 0.5) is 0 Å². The highest BCUT2D eigenvalue weighted by atomic mass is 127. The second-order valence-electron chi connectivity index (χ2n) is 6.45. The number of carbonyl (C=O) groups is 1. The van der Waals surface area contributed by atoms with Crippen LogP contribution in [0.25, 0.3) is 11.1 Å². The predicted molar refractivity (Wildman–Crippen MR) is 150 cm³/mol. The van der Waals surface area contributed by atoms with Gasteiger partial charge in [-0.25, -0.2) is 4.79 Å². The smallest absolute Gasteiger partial charge is 0.328 e. The first-order valence-corrected chi connectivity index (χ1v) is 12.9. The van der Waals surface area contributed by atoms with Crippen LogP contribution in [0.1, 0.15) is 5.56 Å². The third kappa shape index (κ3) is 5.89. The summed E-state index contributed by atoms with van der Waals surface area (Å²) in [6.07, 6.45) is 0.296. The van der Waals surface area contributed by atoms with Crippen molar-refractivity contribution in [2.24, 2.45) is 5.73 Å². The number of halogens is 4. The second kappa shape index (κ2) is 10.5. The zero-order valence-corrected chi connectivity index (χ0v) is 23.8. The van der Waals surface area contributed by atoms with Gasteiger partial charge in [-0.1, -0.05) is 12.1 Å². The molecular weight excluding hydrogens is 838 g/mol. The Hall–Kier alpha value is -0.390. The van der Waals surface area contributed by atoms with Crippen molar-refractivity contribution < 1.29 is 19.7 Å². The Kier molecular flexibility index (Phi) is 8.48. The Balaban J connectivity index is 1.92. The van der Waals surface area contributed by atoms with Crippen molar-refractivity contribution in [2.75, 3.05) is 0 Å². The van der Waals surface area contributed by atoms with E-state index in [1.165, 1.54) is 0 Å². The highest BCUT2D eigenvalue weighted by Crippen LogP contribution is 2.40. The van der Waals surface area contributed by atoms with Crippen molar-refractivity contribution in [1.29, 1.82) is 0 Å². The van der Waals surface area contributed by atoms with Crippen LogP contribution in [0.5, 0.6) is 17.2 Å². The molecule has 1 atom stereocenters. The highest BCUT2D eigenvalue weighted by Gasteiger charge is 2.21. The first-order chi connectivity index (χ1) is 14.2. The van der Waals surface area contributed by atoms with Gasteiger partial charge in [-0.05, 0) is 144 Å². The number of aromatic hydroxyl groups is 2. The summed E-state index contributed by atoms with van der Waals surface area (Å²) in [5.41, 5.74) is 8.54. The van der Waals surface area contributed by atoms with E-state index in [0.29, 0.717) is 19.3 Å². The van der Waals surface area contributed by atoms with Gasteiger partial charge in [-0.15, -0.1) is 0 Å². The molecule has 5 nitrogen and oxygen atoms in total. The molecule has 3 aromatic carbocycles. The summed E-state index contributed by atoms with van der Waals surface area (Å²) in [5.74, 6) is 0.279. The fourth-order valence-corrected chi connectivity index (χ4v) is 6.64. The molecule has 0 radical (unpaired) electrons. The molecule has 3 aromatic rings. The summed E-state index contributed by atoms with van der Waals surface area (Å²) in [6.45, 7) is 0. The fraction of sp³-hybridized carbons (Fsp3) is 0.0952. The molecule has 0 bridgehead atoms. The number of phenolic OH excluding ortho intramolecular Hbond substituents is 2. The zero-order valence-electron chi connectivity index (χ0n) is 15.2. The lowest BCUT2D eigenvalue weighted by atomic mass is 10.0.